The molecule has 0 bridgehead atoms. The van der Waals surface area contributed by atoms with E-state index in [0.717, 1.165) is 0 Å². The maximum atomic E-state index is 12.4. The molecule has 0 N–H and O–H groups in total. The second-order valence-electron chi connectivity index (χ2n) is 5.71. The summed E-state index contributed by atoms with van der Waals surface area (Å²) in [6.45, 7) is -0.740. The van der Waals surface area contributed by atoms with Gasteiger partial charge in [0, 0.05) is 5.56 Å². The van der Waals surface area contributed by atoms with Crippen LogP contribution in [0.1, 0.15) is 18.1 Å². The highest BCUT2D eigenvalue weighted by Gasteiger charge is 2.25. The summed E-state index contributed by atoms with van der Waals surface area (Å²) in [6.07, 6.45) is 1.47. The van der Waals surface area contributed by atoms with Crippen molar-refractivity contribution in [3.63, 3.8) is 0 Å². The molecule has 0 unspecified atom stereocenters. The number of rotatable bonds is 7. The molecule has 9 heteroatoms. The molecule has 3 rings (SSSR count). The molecule has 0 radical (unpaired) electrons. The predicted molar refractivity (Wildman–Crippen MR) is 103 cm³/mol. The zero-order valence-electron chi connectivity index (χ0n) is 15.4. The first kappa shape index (κ1) is 20.6. The van der Waals surface area contributed by atoms with Crippen LogP contribution in [-0.4, -0.2) is 32.2 Å². The van der Waals surface area contributed by atoms with Gasteiger partial charge in [0.25, 0.3) is 0 Å². The van der Waals surface area contributed by atoms with E-state index in [1.165, 1.54) is 31.4 Å². The van der Waals surface area contributed by atoms with E-state index in [9.17, 15) is 13.6 Å². The molecule has 0 aromatic heterocycles. The number of hydrogen-bond donors (Lipinski definition) is 0. The van der Waals surface area contributed by atoms with Crippen molar-refractivity contribution in [3.8, 4) is 17.2 Å². The number of hydrogen-bond acceptors (Lipinski definition) is 6. The first-order valence-corrected chi connectivity index (χ1v) is 8.87. The smallest absolute Gasteiger partial charge is 0.387 e. The summed E-state index contributed by atoms with van der Waals surface area (Å²) in [6, 6.07) is 8.95. The van der Waals surface area contributed by atoms with Crippen LogP contribution in [0.4, 0.5) is 8.78 Å². The molecule has 29 heavy (non-hydrogen) atoms. The van der Waals surface area contributed by atoms with Crippen LogP contribution < -0.4 is 14.2 Å². The monoisotopic (exact) mass is 423 g/mol. The number of cyclic esters (lactones) is 1. The third-order valence-electron chi connectivity index (χ3n) is 3.77. The molecule has 152 valence electrons. The van der Waals surface area contributed by atoms with Gasteiger partial charge in [-0.1, -0.05) is 17.7 Å². The Morgan fingerprint density at radius 2 is 2.07 bits per heavy atom. The third-order valence-corrected chi connectivity index (χ3v) is 4.05. The maximum absolute atomic E-state index is 12.4. The molecule has 2 aromatic carbocycles. The fourth-order valence-electron chi connectivity index (χ4n) is 2.60. The van der Waals surface area contributed by atoms with Crippen LogP contribution in [0.25, 0.3) is 6.08 Å². The molecular formula is C20H16ClF2NO5. The third kappa shape index (κ3) is 4.83. The standard InChI is InChI=1S/C20H16ClF2NO5/c1-3-27-17-14(21)7-11(9-16(17)26-2)8-15-19(25)29-18(24-15)12-5-4-6-13(10-12)28-20(22)23/h4-10,20H,3H2,1-2H3. The fraction of sp³-hybridized carbons (Fsp3) is 0.200. The van der Waals surface area contributed by atoms with Crippen LogP contribution in [-0.2, 0) is 9.53 Å². The lowest BCUT2D eigenvalue weighted by molar-refractivity contribution is -0.129. The molecule has 0 spiro atoms. The summed E-state index contributed by atoms with van der Waals surface area (Å²) in [4.78, 5) is 16.3. The van der Waals surface area contributed by atoms with E-state index < -0.39 is 12.6 Å². The Kier molecular flexibility index (Phi) is 6.33. The normalized spacial score (nSPS) is 14.8. The molecule has 1 aliphatic heterocycles. The van der Waals surface area contributed by atoms with Crippen LogP contribution in [0.15, 0.2) is 47.1 Å². The van der Waals surface area contributed by atoms with Crippen molar-refractivity contribution in [1.29, 1.82) is 0 Å². The van der Waals surface area contributed by atoms with Crippen molar-refractivity contribution in [2.45, 2.75) is 13.5 Å². The zero-order chi connectivity index (χ0) is 21.0. The number of nitrogens with zero attached hydrogens (tertiary/aromatic N) is 1. The van der Waals surface area contributed by atoms with Crippen molar-refractivity contribution < 1.29 is 32.5 Å². The van der Waals surface area contributed by atoms with Crippen molar-refractivity contribution in [3.05, 3.63) is 58.2 Å². The number of methoxy groups -OCH3 is 1. The van der Waals surface area contributed by atoms with Gasteiger partial charge in [-0.05, 0) is 48.9 Å². The summed E-state index contributed by atoms with van der Waals surface area (Å²) in [7, 11) is 1.47. The predicted octanol–water partition coefficient (Wildman–Crippen LogP) is 4.69. The lowest BCUT2D eigenvalue weighted by Gasteiger charge is -2.11. The van der Waals surface area contributed by atoms with E-state index in [0.29, 0.717) is 34.3 Å². The van der Waals surface area contributed by atoms with Gasteiger partial charge in [0.2, 0.25) is 5.90 Å². The van der Waals surface area contributed by atoms with Gasteiger partial charge in [0.05, 0.1) is 18.7 Å². The Balaban J connectivity index is 1.92. The summed E-state index contributed by atoms with van der Waals surface area (Å²) in [5.41, 5.74) is 0.881. The molecule has 0 amide bonds. The van der Waals surface area contributed by atoms with Gasteiger partial charge in [-0.2, -0.15) is 8.78 Å². The second-order valence-corrected chi connectivity index (χ2v) is 6.12. The molecule has 0 aliphatic carbocycles. The number of carbonyl (C=O) groups excluding carboxylic acids is 1. The number of halogens is 3. The quantitative estimate of drug-likeness (QED) is 0.477. The fourth-order valence-corrected chi connectivity index (χ4v) is 2.88. The number of benzene rings is 2. The first-order valence-electron chi connectivity index (χ1n) is 8.49. The van der Waals surface area contributed by atoms with Crippen molar-refractivity contribution in [2.75, 3.05) is 13.7 Å². The van der Waals surface area contributed by atoms with Gasteiger partial charge in [-0.15, -0.1) is 0 Å². The first-order chi connectivity index (χ1) is 13.9. The summed E-state index contributed by atoms with van der Waals surface area (Å²) < 4.78 is 45.0. The van der Waals surface area contributed by atoms with Crippen molar-refractivity contribution in [1.82, 2.24) is 0 Å². The van der Waals surface area contributed by atoms with E-state index in [-0.39, 0.29) is 17.3 Å². The Morgan fingerprint density at radius 3 is 2.76 bits per heavy atom. The van der Waals surface area contributed by atoms with E-state index in [2.05, 4.69) is 9.73 Å². The molecule has 0 atom stereocenters. The van der Waals surface area contributed by atoms with Gasteiger partial charge in [-0.3, -0.25) is 0 Å². The summed E-state index contributed by atoms with van der Waals surface area (Å²) >= 11 is 6.24. The van der Waals surface area contributed by atoms with Crippen LogP contribution in [0, 0.1) is 0 Å². The summed E-state index contributed by atoms with van der Waals surface area (Å²) in [5, 5.41) is 0.311. The Morgan fingerprint density at radius 1 is 1.28 bits per heavy atom. The molecule has 0 saturated carbocycles. The number of aliphatic imine (C=N–C) groups is 1. The molecular weight excluding hydrogens is 408 g/mol. The molecule has 6 nitrogen and oxygen atoms in total. The van der Waals surface area contributed by atoms with Gasteiger partial charge in [0.15, 0.2) is 17.2 Å². The number of alkyl halides is 2. The number of esters is 1. The lowest BCUT2D eigenvalue weighted by Crippen LogP contribution is -2.07. The average molecular weight is 424 g/mol. The van der Waals surface area contributed by atoms with E-state index in [4.69, 9.17) is 25.8 Å². The van der Waals surface area contributed by atoms with Gasteiger partial charge >= 0.3 is 12.6 Å². The molecule has 1 aliphatic rings. The maximum Gasteiger partial charge on any atom is 0.387 e. The highest BCUT2D eigenvalue weighted by atomic mass is 35.5. The van der Waals surface area contributed by atoms with E-state index in [1.54, 1.807) is 18.2 Å². The summed E-state index contributed by atoms with van der Waals surface area (Å²) in [5.74, 6) is 0.0114. The minimum atomic E-state index is -2.96. The van der Waals surface area contributed by atoms with Crippen LogP contribution in [0.2, 0.25) is 5.02 Å². The van der Waals surface area contributed by atoms with Crippen LogP contribution in [0.5, 0.6) is 17.2 Å². The van der Waals surface area contributed by atoms with E-state index >= 15 is 0 Å². The minimum absolute atomic E-state index is 0.0162. The average Bonchev–Trinajstić information content (AvgIpc) is 3.04. The van der Waals surface area contributed by atoms with Crippen molar-refractivity contribution >= 4 is 29.5 Å². The highest BCUT2D eigenvalue weighted by molar-refractivity contribution is 6.32. The Bertz CT molecular complexity index is 991. The van der Waals surface area contributed by atoms with Gasteiger partial charge in [0.1, 0.15) is 5.75 Å². The topological polar surface area (TPSA) is 66.3 Å². The van der Waals surface area contributed by atoms with Crippen molar-refractivity contribution in [2.24, 2.45) is 4.99 Å². The van der Waals surface area contributed by atoms with Gasteiger partial charge in [-0.25, -0.2) is 9.79 Å². The Hall–Kier alpha value is -3.13. The Labute approximate surface area is 170 Å². The molecule has 1 heterocycles. The largest absolute Gasteiger partial charge is 0.493 e. The highest BCUT2D eigenvalue weighted by Crippen LogP contribution is 2.37. The van der Waals surface area contributed by atoms with Crippen LogP contribution in [0.3, 0.4) is 0 Å². The van der Waals surface area contributed by atoms with Gasteiger partial charge < -0.3 is 18.9 Å². The lowest BCUT2D eigenvalue weighted by atomic mass is 10.1. The second kappa shape index (κ2) is 8.91. The number of carbonyl (C=O) groups is 1. The molecule has 2 aromatic rings. The molecule has 0 saturated heterocycles. The zero-order valence-corrected chi connectivity index (χ0v) is 16.2. The number of ether oxygens (including phenoxy) is 4. The minimum Gasteiger partial charge on any atom is -0.493 e. The molecule has 0 fully saturated rings. The SMILES string of the molecule is CCOc1c(Cl)cc(C=C2N=C(c3cccc(OC(F)F)c3)OC2=O)cc1OC. The van der Waals surface area contributed by atoms with Crippen LogP contribution >= 0.6 is 11.6 Å². The van der Waals surface area contributed by atoms with E-state index in [1.807, 2.05) is 6.92 Å².